The van der Waals surface area contributed by atoms with E-state index in [4.69, 9.17) is 4.74 Å². The van der Waals surface area contributed by atoms with Gasteiger partial charge in [0, 0.05) is 34.5 Å². The molecular formula is C19H21IN2O2. The second-order valence-electron chi connectivity index (χ2n) is 6.00. The van der Waals surface area contributed by atoms with Gasteiger partial charge < -0.3 is 10.1 Å². The molecule has 0 bridgehead atoms. The van der Waals surface area contributed by atoms with Crippen LogP contribution in [0.5, 0.6) is 0 Å². The first-order chi connectivity index (χ1) is 11.6. The summed E-state index contributed by atoms with van der Waals surface area (Å²) < 4.78 is 6.54. The Labute approximate surface area is 156 Å². The summed E-state index contributed by atoms with van der Waals surface area (Å²) in [6.07, 6.45) is 0. The Morgan fingerprint density at radius 3 is 2.75 bits per heavy atom. The van der Waals surface area contributed by atoms with Crippen molar-refractivity contribution in [2.75, 3.05) is 31.6 Å². The maximum atomic E-state index is 12.5. The fourth-order valence-corrected chi connectivity index (χ4v) is 3.44. The van der Waals surface area contributed by atoms with E-state index in [1.54, 1.807) is 0 Å². The minimum absolute atomic E-state index is 0.0665. The van der Waals surface area contributed by atoms with E-state index in [9.17, 15) is 4.79 Å². The van der Waals surface area contributed by atoms with Crippen molar-refractivity contribution in [1.82, 2.24) is 4.90 Å². The van der Waals surface area contributed by atoms with Crippen molar-refractivity contribution in [3.05, 3.63) is 62.7 Å². The van der Waals surface area contributed by atoms with Crippen molar-refractivity contribution in [2.45, 2.75) is 13.5 Å². The molecule has 5 heteroatoms. The van der Waals surface area contributed by atoms with E-state index in [0.29, 0.717) is 5.56 Å². The van der Waals surface area contributed by atoms with E-state index in [1.807, 2.05) is 37.3 Å². The highest BCUT2D eigenvalue weighted by Gasteiger charge is 2.13. The third-order valence-corrected chi connectivity index (χ3v) is 4.81. The van der Waals surface area contributed by atoms with E-state index >= 15 is 0 Å². The number of morpholine rings is 1. The lowest BCUT2D eigenvalue weighted by molar-refractivity contribution is 0.0342. The minimum Gasteiger partial charge on any atom is -0.379 e. The first kappa shape index (κ1) is 17.4. The van der Waals surface area contributed by atoms with E-state index in [1.165, 1.54) is 0 Å². The molecule has 1 aliphatic heterocycles. The van der Waals surface area contributed by atoms with E-state index in [0.717, 1.165) is 53.2 Å². The van der Waals surface area contributed by atoms with Gasteiger partial charge in [-0.25, -0.2) is 0 Å². The molecule has 3 rings (SSSR count). The van der Waals surface area contributed by atoms with Crippen LogP contribution in [0.4, 0.5) is 5.69 Å². The summed E-state index contributed by atoms with van der Waals surface area (Å²) in [5.74, 6) is -0.0665. The van der Waals surface area contributed by atoms with Crippen molar-refractivity contribution in [1.29, 1.82) is 0 Å². The average Bonchev–Trinajstić information content (AvgIpc) is 2.58. The zero-order valence-electron chi connectivity index (χ0n) is 13.7. The smallest absolute Gasteiger partial charge is 0.255 e. The molecule has 1 saturated heterocycles. The highest BCUT2D eigenvalue weighted by molar-refractivity contribution is 14.1. The Hall–Kier alpha value is -1.44. The first-order valence-corrected chi connectivity index (χ1v) is 9.16. The molecule has 0 aliphatic carbocycles. The number of hydrogen-bond donors (Lipinski definition) is 1. The van der Waals surface area contributed by atoms with Crippen LogP contribution in [0.3, 0.4) is 0 Å². The van der Waals surface area contributed by atoms with Gasteiger partial charge in [-0.05, 0) is 71.0 Å². The van der Waals surface area contributed by atoms with Crippen molar-refractivity contribution < 1.29 is 9.53 Å². The molecule has 0 saturated carbocycles. The standard InChI is InChI=1S/C19H21IN2O2/c1-14-11-17(20)5-6-18(14)21-19(23)16-4-2-3-15(12-16)13-22-7-9-24-10-8-22/h2-6,11-12H,7-10,13H2,1H3,(H,21,23). The van der Waals surface area contributed by atoms with Gasteiger partial charge in [0.15, 0.2) is 0 Å². The molecule has 2 aromatic rings. The number of nitrogens with zero attached hydrogens (tertiary/aromatic N) is 1. The molecule has 1 fully saturated rings. The predicted molar refractivity (Wildman–Crippen MR) is 104 cm³/mol. The van der Waals surface area contributed by atoms with Crippen LogP contribution in [0.2, 0.25) is 0 Å². The lowest BCUT2D eigenvalue weighted by Gasteiger charge is -2.26. The minimum atomic E-state index is -0.0665. The molecule has 1 heterocycles. The summed E-state index contributed by atoms with van der Waals surface area (Å²) >= 11 is 2.27. The number of ether oxygens (including phenoxy) is 1. The molecule has 0 aromatic heterocycles. The molecule has 4 nitrogen and oxygen atoms in total. The number of anilines is 1. The van der Waals surface area contributed by atoms with Crippen LogP contribution < -0.4 is 5.32 Å². The van der Waals surface area contributed by atoms with Gasteiger partial charge in [0.2, 0.25) is 0 Å². The molecular weight excluding hydrogens is 415 g/mol. The summed E-state index contributed by atoms with van der Waals surface area (Å²) in [4.78, 5) is 14.9. The van der Waals surface area contributed by atoms with Gasteiger partial charge in [0.25, 0.3) is 5.91 Å². The number of rotatable bonds is 4. The van der Waals surface area contributed by atoms with Gasteiger partial charge in [0.1, 0.15) is 0 Å². The van der Waals surface area contributed by atoms with Crippen LogP contribution in [0.25, 0.3) is 0 Å². The summed E-state index contributed by atoms with van der Waals surface area (Å²) in [5.41, 5.74) is 3.78. The maximum absolute atomic E-state index is 12.5. The van der Waals surface area contributed by atoms with Crippen molar-refractivity contribution in [3.63, 3.8) is 0 Å². The number of carbonyl (C=O) groups excluding carboxylic acids is 1. The molecule has 1 aliphatic rings. The predicted octanol–water partition coefficient (Wildman–Crippen LogP) is 3.68. The van der Waals surface area contributed by atoms with Gasteiger partial charge >= 0.3 is 0 Å². The van der Waals surface area contributed by atoms with Crippen LogP contribution >= 0.6 is 22.6 Å². The Balaban J connectivity index is 1.69. The summed E-state index contributed by atoms with van der Waals surface area (Å²) in [7, 11) is 0. The molecule has 24 heavy (non-hydrogen) atoms. The second-order valence-corrected chi connectivity index (χ2v) is 7.25. The number of nitrogens with one attached hydrogen (secondary N) is 1. The van der Waals surface area contributed by atoms with Crippen LogP contribution in [0.15, 0.2) is 42.5 Å². The first-order valence-electron chi connectivity index (χ1n) is 8.08. The highest BCUT2D eigenvalue weighted by Crippen LogP contribution is 2.19. The summed E-state index contributed by atoms with van der Waals surface area (Å²) in [5, 5.41) is 3.01. The SMILES string of the molecule is Cc1cc(I)ccc1NC(=O)c1cccc(CN2CCOCC2)c1. The normalized spacial score (nSPS) is 15.2. The fraction of sp³-hybridized carbons (Fsp3) is 0.316. The zero-order valence-corrected chi connectivity index (χ0v) is 15.9. The maximum Gasteiger partial charge on any atom is 0.255 e. The Kier molecular flexibility index (Phi) is 5.86. The van der Waals surface area contributed by atoms with E-state index in [-0.39, 0.29) is 5.91 Å². The monoisotopic (exact) mass is 436 g/mol. The van der Waals surface area contributed by atoms with E-state index < -0.39 is 0 Å². The fourth-order valence-electron chi connectivity index (χ4n) is 2.79. The number of aryl methyl sites for hydroxylation is 1. The molecule has 1 N–H and O–H groups in total. The Morgan fingerprint density at radius 1 is 1.21 bits per heavy atom. The number of benzene rings is 2. The van der Waals surface area contributed by atoms with Gasteiger partial charge in [-0.1, -0.05) is 12.1 Å². The lowest BCUT2D eigenvalue weighted by atomic mass is 10.1. The molecule has 0 unspecified atom stereocenters. The second kappa shape index (κ2) is 8.09. The Morgan fingerprint density at radius 2 is 2.00 bits per heavy atom. The van der Waals surface area contributed by atoms with Gasteiger partial charge in [-0.15, -0.1) is 0 Å². The van der Waals surface area contributed by atoms with Gasteiger partial charge in [0.05, 0.1) is 13.2 Å². The molecule has 126 valence electrons. The van der Waals surface area contributed by atoms with E-state index in [2.05, 4.69) is 44.9 Å². The number of carbonyl (C=O) groups is 1. The highest BCUT2D eigenvalue weighted by atomic mass is 127. The van der Waals surface area contributed by atoms with Crippen LogP contribution in [-0.4, -0.2) is 37.1 Å². The van der Waals surface area contributed by atoms with Gasteiger partial charge in [-0.2, -0.15) is 0 Å². The zero-order chi connectivity index (χ0) is 16.9. The van der Waals surface area contributed by atoms with Crippen LogP contribution in [-0.2, 0) is 11.3 Å². The summed E-state index contributed by atoms with van der Waals surface area (Å²) in [6.45, 7) is 6.31. The van der Waals surface area contributed by atoms with Crippen LogP contribution in [0, 0.1) is 10.5 Å². The van der Waals surface area contributed by atoms with Crippen molar-refractivity contribution in [2.24, 2.45) is 0 Å². The third-order valence-electron chi connectivity index (χ3n) is 4.14. The molecule has 0 atom stereocenters. The molecule has 0 radical (unpaired) electrons. The summed E-state index contributed by atoms with van der Waals surface area (Å²) in [6, 6.07) is 13.9. The quantitative estimate of drug-likeness (QED) is 0.744. The number of hydrogen-bond acceptors (Lipinski definition) is 3. The van der Waals surface area contributed by atoms with Crippen molar-refractivity contribution in [3.8, 4) is 0 Å². The molecule has 0 spiro atoms. The van der Waals surface area contributed by atoms with Crippen LogP contribution in [0.1, 0.15) is 21.5 Å². The van der Waals surface area contributed by atoms with Crippen molar-refractivity contribution >= 4 is 34.2 Å². The Bertz CT molecular complexity index is 727. The number of amides is 1. The molecule has 1 amide bonds. The van der Waals surface area contributed by atoms with Gasteiger partial charge in [-0.3, -0.25) is 9.69 Å². The molecule has 2 aromatic carbocycles. The topological polar surface area (TPSA) is 41.6 Å². The number of halogens is 1. The largest absolute Gasteiger partial charge is 0.379 e. The lowest BCUT2D eigenvalue weighted by Crippen LogP contribution is -2.35. The average molecular weight is 436 g/mol. The third kappa shape index (κ3) is 4.55.